The third-order valence-corrected chi connectivity index (χ3v) is 2.85. The molecule has 0 spiro atoms. The molecule has 90 valence electrons. The first-order valence-electron chi connectivity index (χ1n) is 5.98. The van der Waals surface area contributed by atoms with Crippen LogP contribution in [0.3, 0.4) is 0 Å². The van der Waals surface area contributed by atoms with Crippen LogP contribution >= 0.6 is 0 Å². The minimum atomic E-state index is -0.731. The highest BCUT2D eigenvalue weighted by atomic mass is 16.3. The third kappa shape index (κ3) is 3.00. The molecular weight excluding hydrogens is 220 g/mol. The molecule has 1 unspecified atom stereocenters. The summed E-state index contributed by atoms with van der Waals surface area (Å²) >= 11 is 0. The van der Waals surface area contributed by atoms with E-state index in [0.29, 0.717) is 0 Å². The molecule has 0 bridgehead atoms. The van der Waals surface area contributed by atoms with Crippen LogP contribution in [0.15, 0.2) is 48.5 Å². The second kappa shape index (κ2) is 5.53. The summed E-state index contributed by atoms with van der Waals surface area (Å²) in [6.07, 6.45) is -0.731. The molecule has 0 aliphatic rings. The third-order valence-electron chi connectivity index (χ3n) is 2.85. The Morgan fingerprint density at radius 3 is 2.39 bits per heavy atom. The minimum Gasteiger partial charge on any atom is -0.376 e. The van der Waals surface area contributed by atoms with Gasteiger partial charge in [-0.1, -0.05) is 53.8 Å². The van der Waals surface area contributed by atoms with Crippen molar-refractivity contribution in [2.75, 3.05) is 0 Å². The zero-order chi connectivity index (χ0) is 13.0. The maximum Gasteiger partial charge on any atom is 0.140 e. The maximum absolute atomic E-state index is 10.1. The molecule has 0 aliphatic heterocycles. The second-order valence-corrected chi connectivity index (χ2v) is 4.40. The standard InChI is InChI=1S/C17H16O/c1-13-8-10-16(14(2)12-13)17(18)11-9-15-6-4-3-5-7-15/h3-8,10,12,17-18H,1-2H3. The molecule has 1 nitrogen and oxygen atoms in total. The van der Waals surface area contributed by atoms with Crippen molar-refractivity contribution < 1.29 is 5.11 Å². The van der Waals surface area contributed by atoms with Gasteiger partial charge in [0.15, 0.2) is 0 Å². The van der Waals surface area contributed by atoms with Crippen molar-refractivity contribution in [3.8, 4) is 11.8 Å². The molecule has 1 heteroatoms. The lowest BCUT2D eigenvalue weighted by Crippen LogP contribution is -1.97. The van der Waals surface area contributed by atoms with Crippen molar-refractivity contribution in [2.45, 2.75) is 20.0 Å². The van der Waals surface area contributed by atoms with Gasteiger partial charge in [0, 0.05) is 5.56 Å². The highest BCUT2D eigenvalue weighted by Gasteiger charge is 2.06. The second-order valence-electron chi connectivity index (χ2n) is 4.40. The highest BCUT2D eigenvalue weighted by molar-refractivity contribution is 5.39. The molecule has 0 amide bonds. The zero-order valence-corrected chi connectivity index (χ0v) is 10.6. The van der Waals surface area contributed by atoms with Crippen molar-refractivity contribution in [3.05, 3.63) is 70.8 Å². The van der Waals surface area contributed by atoms with Crippen LogP contribution in [0.2, 0.25) is 0 Å². The quantitative estimate of drug-likeness (QED) is 0.752. The average molecular weight is 236 g/mol. The van der Waals surface area contributed by atoms with E-state index in [-0.39, 0.29) is 0 Å². The Balaban J connectivity index is 2.23. The van der Waals surface area contributed by atoms with Gasteiger partial charge in [0.1, 0.15) is 6.10 Å². The fourth-order valence-electron chi connectivity index (χ4n) is 1.88. The van der Waals surface area contributed by atoms with Crippen molar-refractivity contribution in [1.29, 1.82) is 0 Å². The van der Waals surface area contributed by atoms with Gasteiger partial charge in [0.25, 0.3) is 0 Å². The molecule has 2 aromatic carbocycles. The van der Waals surface area contributed by atoms with Gasteiger partial charge in [0.2, 0.25) is 0 Å². The lowest BCUT2D eigenvalue weighted by atomic mass is 10.0. The van der Waals surface area contributed by atoms with Crippen LogP contribution in [0.25, 0.3) is 0 Å². The predicted octanol–water partition coefficient (Wildman–Crippen LogP) is 3.39. The number of rotatable bonds is 1. The van der Waals surface area contributed by atoms with E-state index in [9.17, 15) is 5.11 Å². The highest BCUT2D eigenvalue weighted by Crippen LogP contribution is 2.18. The van der Waals surface area contributed by atoms with Gasteiger partial charge in [-0.3, -0.25) is 0 Å². The van der Waals surface area contributed by atoms with Crippen LogP contribution < -0.4 is 0 Å². The molecule has 18 heavy (non-hydrogen) atoms. The maximum atomic E-state index is 10.1. The number of aliphatic hydroxyl groups is 1. The summed E-state index contributed by atoms with van der Waals surface area (Å²) in [6.45, 7) is 4.04. The average Bonchev–Trinajstić information content (AvgIpc) is 2.37. The lowest BCUT2D eigenvalue weighted by Gasteiger charge is -2.08. The molecule has 0 heterocycles. The molecule has 0 aromatic heterocycles. The van der Waals surface area contributed by atoms with Crippen molar-refractivity contribution >= 4 is 0 Å². The van der Waals surface area contributed by atoms with E-state index < -0.39 is 6.10 Å². The monoisotopic (exact) mass is 236 g/mol. The predicted molar refractivity (Wildman–Crippen MR) is 74.2 cm³/mol. The van der Waals surface area contributed by atoms with Gasteiger partial charge in [-0.2, -0.15) is 0 Å². The molecule has 0 radical (unpaired) electrons. The van der Waals surface area contributed by atoms with E-state index in [4.69, 9.17) is 0 Å². The number of hydrogen-bond donors (Lipinski definition) is 1. The van der Waals surface area contributed by atoms with Crippen LogP contribution in [0.5, 0.6) is 0 Å². The Morgan fingerprint density at radius 1 is 1.00 bits per heavy atom. The summed E-state index contributed by atoms with van der Waals surface area (Å²) in [5.41, 5.74) is 4.06. The SMILES string of the molecule is Cc1ccc(C(O)C#Cc2ccccc2)c(C)c1. The molecule has 0 saturated heterocycles. The lowest BCUT2D eigenvalue weighted by molar-refractivity contribution is 0.237. The van der Waals surface area contributed by atoms with Crippen molar-refractivity contribution in [3.63, 3.8) is 0 Å². The normalized spacial score (nSPS) is 11.5. The topological polar surface area (TPSA) is 20.2 Å². The van der Waals surface area contributed by atoms with Crippen LogP contribution in [0.1, 0.15) is 28.4 Å². The number of aliphatic hydroxyl groups excluding tert-OH is 1. The summed E-state index contributed by atoms with van der Waals surface area (Å²) in [4.78, 5) is 0. The molecule has 0 aliphatic carbocycles. The van der Waals surface area contributed by atoms with Gasteiger partial charge >= 0.3 is 0 Å². The molecule has 1 atom stereocenters. The van der Waals surface area contributed by atoms with Crippen LogP contribution in [-0.4, -0.2) is 5.11 Å². The molecule has 2 aromatic rings. The van der Waals surface area contributed by atoms with Gasteiger partial charge in [-0.25, -0.2) is 0 Å². The Hall–Kier alpha value is -2.04. The first kappa shape index (κ1) is 12.4. The summed E-state index contributed by atoms with van der Waals surface area (Å²) in [5, 5.41) is 10.1. The molecule has 0 fully saturated rings. The summed E-state index contributed by atoms with van der Waals surface area (Å²) in [7, 11) is 0. The van der Waals surface area contributed by atoms with Crippen molar-refractivity contribution in [1.82, 2.24) is 0 Å². The number of aryl methyl sites for hydroxylation is 2. The van der Waals surface area contributed by atoms with Gasteiger partial charge < -0.3 is 5.11 Å². The fraction of sp³-hybridized carbons (Fsp3) is 0.176. The zero-order valence-electron chi connectivity index (χ0n) is 10.6. The molecule has 2 rings (SSSR count). The molecular formula is C17H16O. The number of benzene rings is 2. The summed E-state index contributed by atoms with van der Waals surface area (Å²) in [5.74, 6) is 5.87. The Morgan fingerprint density at radius 2 is 1.72 bits per heavy atom. The first-order valence-corrected chi connectivity index (χ1v) is 5.98. The largest absolute Gasteiger partial charge is 0.376 e. The van der Waals surface area contributed by atoms with Gasteiger partial charge in [0.05, 0.1) is 0 Å². The van der Waals surface area contributed by atoms with E-state index in [1.165, 1.54) is 5.56 Å². The van der Waals surface area contributed by atoms with E-state index in [2.05, 4.69) is 17.9 Å². The Bertz CT molecular complexity index is 588. The number of hydrogen-bond acceptors (Lipinski definition) is 1. The van der Waals surface area contributed by atoms with E-state index in [1.54, 1.807) is 0 Å². The van der Waals surface area contributed by atoms with Crippen LogP contribution in [0, 0.1) is 25.7 Å². The van der Waals surface area contributed by atoms with Gasteiger partial charge in [-0.05, 0) is 37.1 Å². The Kier molecular flexibility index (Phi) is 3.82. The van der Waals surface area contributed by atoms with E-state index >= 15 is 0 Å². The van der Waals surface area contributed by atoms with Crippen molar-refractivity contribution in [2.24, 2.45) is 0 Å². The summed E-state index contributed by atoms with van der Waals surface area (Å²) < 4.78 is 0. The van der Waals surface area contributed by atoms with Crippen LogP contribution in [-0.2, 0) is 0 Å². The fourth-order valence-corrected chi connectivity index (χ4v) is 1.88. The van der Waals surface area contributed by atoms with Gasteiger partial charge in [-0.15, -0.1) is 0 Å². The summed E-state index contributed by atoms with van der Waals surface area (Å²) in [6, 6.07) is 15.7. The molecule has 1 N–H and O–H groups in total. The Labute approximate surface area is 108 Å². The first-order chi connectivity index (χ1) is 8.66. The van der Waals surface area contributed by atoms with E-state index in [0.717, 1.165) is 16.7 Å². The van der Waals surface area contributed by atoms with E-state index in [1.807, 2.05) is 56.3 Å². The molecule has 0 saturated carbocycles. The minimum absolute atomic E-state index is 0.731. The van der Waals surface area contributed by atoms with Crippen LogP contribution in [0.4, 0.5) is 0 Å². The smallest absolute Gasteiger partial charge is 0.140 e.